The molecule has 0 aromatic heterocycles. The van der Waals surface area contributed by atoms with Gasteiger partial charge in [-0.25, -0.2) is 0 Å². The molecule has 1 saturated heterocycles. The van der Waals surface area contributed by atoms with Crippen molar-refractivity contribution in [2.45, 2.75) is 19.9 Å². The smallest absolute Gasteiger partial charge is 0.269 e. The molecule has 0 saturated carbocycles. The predicted molar refractivity (Wildman–Crippen MR) is 97.1 cm³/mol. The number of nitrogens with zero attached hydrogens (tertiary/aromatic N) is 3. The Hall–Kier alpha value is -3.22. The molecule has 0 N–H and O–H groups in total. The molecule has 2 aromatic rings. The summed E-state index contributed by atoms with van der Waals surface area (Å²) >= 11 is 0. The van der Waals surface area contributed by atoms with Crippen LogP contribution in [0, 0.1) is 17.0 Å². The minimum Gasteiger partial charge on any atom is -0.325 e. The number of piperazine rings is 1. The van der Waals surface area contributed by atoms with Gasteiger partial charge in [-0.1, -0.05) is 18.2 Å². The summed E-state index contributed by atoms with van der Waals surface area (Å²) in [6.07, 6.45) is 0. The molecule has 0 bridgehead atoms. The van der Waals surface area contributed by atoms with Crippen LogP contribution in [0.1, 0.15) is 22.8 Å². The average Bonchev–Trinajstić information content (AvgIpc) is 2.64. The number of amides is 2. The average molecular weight is 353 g/mol. The maximum atomic E-state index is 12.8. The number of carbonyl (C=O) groups excluding carboxylic acids is 2. The lowest BCUT2D eigenvalue weighted by molar-refractivity contribution is -0.384. The zero-order valence-electron chi connectivity index (χ0n) is 14.6. The van der Waals surface area contributed by atoms with Crippen LogP contribution >= 0.6 is 0 Å². The second kappa shape index (κ2) is 6.95. The highest BCUT2D eigenvalue weighted by atomic mass is 16.6. The summed E-state index contributed by atoms with van der Waals surface area (Å²) in [4.78, 5) is 39.0. The molecule has 0 aliphatic carbocycles. The predicted octanol–water partition coefficient (Wildman–Crippen LogP) is 2.78. The van der Waals surface area contributed by atoms with Crippen LogP contribution in [0.25, 0.3) is 0 Å². The first-order valence-corrected chi connectivity index (χ1v) is 8.32. The van der Waals surface area contributed by atoms with Gasteiger partial charge in [-0.2, -0.15) is 0 Å². The Morgan fingerprint density at radius 2 is 1.77 bits per heavy atom. The molecule has 1 heterocycles. The van der Waals surface area contributed by atoms with Gasteiger partial charge in [0.15, 0.2) is 0 Å². The van der Waals surface area contributed by atoms with Crippen LogP contribution < -0.4 is 4.90 Å². The highest BCUT2D eigenvalue weighted by Gasteiger charge is 2.35. The molecular formula is C19H19N3O4. The molecule has 134 valence electrons. The fourth-order valence-corrected chi connectivity index (χ4v) is 3.13. The summed E-state index contributed by atoms with van der Waals surface area (Å²) in [6.45, 7) is 4.32. The molecular weight excluding hydrogens is 334 g/mol. The molecule has 3 rings (SSSR count). The van der Waals surface area contributed by atoms with Gasteiger partial charge in [0.05, 0.1) is 4.92 Å². The molecule has 26 heavy (non-hydrogen) atoms. The van der Waals surface area contributed by atoms with Gasteiger partial charge in [0, 0.05) is 36.5 Å². The van der Waals surface area contributed by atoms with Gasteiger partial charge in [0.25, 0.3) is 11.6 Å². The van der Waals surface area contributed by atoms with Crippen LogP contribution in [0.4, 0.5) is 11.4 Å². The lowest BCUT2D eigenvalue weighted by Crippen LogP contribution is -2.57. The standard InChI is InChI=1S/C19H19N3O4/c1-13-5-3-4-6-17(13)19(24)20-11-12-21(18(23)14(20)2)15-7-9-16(10-8-15)22(25)26/h3-10,14H,11-12H2,1-2H3. The van der Waals surface area contributed by atoms with Crippen molar-refractivity contribution in [2.24, 2.45) is 0 Å². The molecule has 0 radical (unpaired) electrons. The van der Waals surface area contributed by atoms with Crippen LogP contribution in [-0.4, -0.2) is 40.8 Å². The van der Waals surface area contributed by atoms with Crippen molar-refractivity contribution in [3.8, 4) is 0 Å². The van der Waals surface area contributed by atoms with E-state index < -0.39 is 11.0 Å². The summed E-state index contributed by atoms with van der Waals surface area (Å²) < 4.78 is 0. The third-order valence-corrected chi connectivity index (χ3v) is 4.66. The van der Waals surface area contributed by atoms with Crippen molar-refractivity contribution >= 4 is 23.2 Å². The number of hydrogen-bond donors (Lipinski definition) is 0. The van der Waals surface area contributed by atoms with E-state index >= 15 is 0 Å². The van der Waals surface area contributed by atoms with Gasteiger partial charge < -0.3 is 9.80 Å². The highest BCUT2D eigenvalue weighted by Crippen LogP contribution is 2.24. The number of non-ortho nitro benzene ring substituents is 1. The van der Waals surface area contributed by atoms with Gasteiger partial charge in [-0.15, -0.1) is 0 Å². The maximum absolute atomic E-state index is 12.8. The van der Waals surface area contributed by atoms with E-state index in [0.29, 0.717) is 24.3 Å². The summed E-state index contributed by atoms with van der Waals surface area (Å²) in [6, 6.07) is 12.6. The molecule has 0 spiro atoms. The Bertz CT molecular complexity index is 863. The van der Waals surface area contributed by atoms with Crippen LogP contribution in [-0.2, 0) is 4.79 Å². The van der Waals surface area contributed by atoms with Gasteiger partial charge in [-0.3, -0.25) is 19.7 Å². The summed E-state index contributed by atoms with van der Waals surface area (Å²) in [5, 5.41) is 10.8. The van der Waals surface area contributed by atoms with E-state index in [9.17, 15) is 19.7 Å². The molecule has 7 heteroatoms. The minimum absolute atomic E-state index is 0.0254. The number of anilines is 1. The van der Waals surface area contributed by atoms with E-state index in [0.717, 1.165) is 5.56 Å². The Labute approximate surface area is 151 Å². The Morgan fingerprint density at radius 1 is 1.12 bits per heavy atom. The van der Waals surface area contributed by atoms with Gasteiger partial charge in [0.1, 0.15) is 6.04 Å². The van der Waals surface area contributed by atoms with Gasteiger partial charge >= 0.3 is 0 Å². The molecule has 2 aromatic carbocycles. The monoisotopic (exact) mass is 353 g/mol. The highest BCUT2D eigenvalue weighted by molar-refractivity contribution is 6.03. The van der Waals surface area contributed by atoms with E-state index in [1.54, 1.807) is 41.0 Å². The molecule has 7 nitrogen and oxygen atoms in total. The van der Waals surface area contributed by atoms with Crippen LogP contribution in [0.2, 0.25) is 0 Å². The lowest BCUT2D eigenvalue weighted by atomic mass is 10.0. The number of carbonyl (C=O) groups is 2. The minimum atomic E-state index is -0.606. The maximum Gasteiger partial charge on any atom is 0.269 e. The largest absolute Gasteiger partial charge is 0.325 e. The first-order valence-electron chi connectivity index (χ1n) is 8.32. The third kappa shape index (κ3) is 3.15. The zero-order chi connectivity index (χ0) is 18.8. The van der Waals surface area contributed by atoms with Crippen molar-refractivity contribution in [1.29, 1.82) is 0 Å². The fraction of sp³-hybridized carbons (Fsp3) is 0.263. The van der Waals surface area contributed by atoms with Crippen molar-refractivity contribution in [2.75, 3.05) is 18.0 Å². The van der Waals surface area contributed by atoms with Crippen molar-refractivity contribution in [1.82, 2.24) is 4.90 Å². The molecule has 1 fully saturated rings. The quantitative estimate of drug-likeness (QED) is 0.627. The Kier molecular flexibility index (Phi) is 4.71. The molecule has 1 unspecified atom stereocenters. The lowest BCUT2D eigenvalue weighted by Gasteiger charge is -2.39. The van der Waals surface area contributed by atoms with Crippen molar-refractivity contribution < 1.29 is 14.5 Å². The van der Waals surface area contributed by atoms with Crippen LogP contribution in [0.5, 0.6) is 0 Å². The van der Waals surface area contributed by atoms with Crippen molar-refractivity contribution in [3.05, 3.63) is 69.8 Å². The van der Waals surface area contributed by atoms with Gasteiger partial charge in [0.2, 0.25) is 5.91 Å². The second-order valence-corrected chi connectivity index (χ2v) is 6.25. The summed E-state index contributed by atoms with van der Waals surface area (Å²) in [5.41, 5.74) is 2.03. The van der Waals surface area contributed by atoms with E-state index in [2.05, 4.69) is 0 Å². The number of nitro groups is 1. The summed E-state index contributed by atoms with van der Waals surface area (Å²) in [7, 11) is 0. The third-order valence-electron chi connectivity index (χ3n) is 4.66. The first kappa shape index (κ1) is 17.6. The van der Waals surface area contributed by atoms with E-state index in [1.807, 2.05) is 19.1 Å². The second-order valence-electron chi connectivity index (χ2n) is 6.25. The molecule has 1 aliphatic heterocycles. The normalized spacial score (nSPS) is 17.3. The molecule has 2 amide bonds. The summed E-state index contributed by atoms with van der Waals surface area (Å²) in [5.74, 6) is -0.362. The van der Waals surface area contributed by atoms with Gasteiger partial charge in [-0.05, 0) is 37.6 Å². The van der Waals surface area contributed by atoms with E-state index in [-0.39, 0.29) is 17.5 Å². The topological polar surface area (TPSA) is 83.8 Å². The number of hydrogen-bond acceptors (Lipinski definition) is 4. The Balaban J connectivity index is 1.79. The molecule has 1 aliphatic rings. The Morgan fingerprint density at radius 3 is 2.38 bits per heavy atom. The van der Waals surface area contributed by atoms with Crippen molar-refractivity contribution in [3.63, 3.8) is 0 Å². The SMILES string of the molecule is Cc1ccccc1C(=O)N1CCN(c2ccc([N+](=O)[O-])cc2)C(=O)C1C. The first-order chi connectivity index (χ1) is 12.4. The number of benzene rings is 2. The van der Waals surface area contributed by atoms with E-state index in [1.165, 1.54) is 12.1 Å². The fourth-order valence-electron chi connectivity index (χ4n) is 3.13. The molecule has 1 atom stereocenters. The van der Waals surface area contributed by atoms with E-state index in [4.69, 9.17) is 0 Å². The number of rotatable bonds is 3. The number of aryl methyl sites for hydroxylation is 1. The van der Waals surface area contributed by atoms with Crippen LogP contribution in [0.3, 0.4) is 0 Å². The van der Waals surface area contributed by atoms with Crippen LogP contribution in [0.15, 0.2) is 48.5 Å². The zero-order valence-corrected chi connectivity index (χ0v) is 14.6. The number of nitro benzene ring substituents is 1.